The molecule has 0 unspecified atom stereocenters. The number of nitrogens with zero attached hydrogens (tertiary/aromatic N) is 1. The van der Waals surface area contributed by atoms with Crippen LogP contribution >= 0.6 is 0 Å². The molecule has 0 radical (unpaired) electrons. The van der Waals surface area contributed by atoms with Crippen LogP contribution < -0.4 is 0 Å². The van der Waals surface area contributed by atoms with Crippen LogP contribution in [0.3, 0.4) is 0 Å². The van der Waals surface area contributed by atoms with Crippen LogP contribution in [0.4, 0.5) is 0 Å². The second-order valence-corrected chi connectivity index (χ2v) is 2.80. The number of aliphatic imine (C=N–C) groups is 1. The summed E-state index contributed by atoms with van der Waals surface area (Å²) in [7, 11) is 1.63. The smallest absolute Gasteiger partial charge is 0.218 e. The molecule has 0 saturated heterocycles. The second-order valence-electron chi connectivity index (χ2n) is 2.80. The van der Waals surface area contributed by atoms with E-state index in [9.17, 15) is 0 Å². The summed E-state index contributed by atoms with van der Waals surface area (Å²) >= 11 is 0. The Morgan fingerprint density at radius 3 is 2.77 bits per heavy atom. The largest absolute Gasteiger partial charge is 0.473 e. The predicted octanol–water partition coefficient (Wildman–Crippen LogP) is 1.44. The van der Waals surface area contributed by atoms with E-state index in [2.05, 4.69) is 4.99 Å². The van der Waals surface area contributed by atoms with Gasteiger partial charge in [0.2, 0.25) is 5.90 Å². The molecule has 1 aliphatic heterocycles. The molecule has 0 bridgehead atoms. The molecule has 68 valence electrons. The minimum Gasteiger partial charge on any atom is -0.473 e. The fraction of sp³-hybridized carbons (Fsp3) is 0.300. The fourth-order valence-corrected chi connectivity index (χ4v) is 1.21. The lowest BCUT2D eigenvalue weighted by Crippen LogP contribution is -2.07. The zero-order valence-corrected chi connectivity index (χ0v) is 7.43. The molecular weight excluding hydrogens is 166 g/mol. The average Bonchev–Trinajstić information content (AvgIpc) is 2.67. The Hall–Kier alpha value is -1.35. The third-order valence-corrected chi connectivity index (χ3v) is 1.92. The van der Waals surface area contributed by atoms with E-state index in [1.807, 2.05) is 30.3 Å². The second kappa shape index (κ2) is 3.58. The molecule has 1 aromatic carbocycles. The van der Waals surface area contributed by atoms with Crippen molar-refractivity contribution in [3.05, 3.63) is 35.9 Å². The maximum absolute atomic E-state index is 5.37. The van der Waals surface area contributed by atoms with Crippen molar-refractivity contribution in [3.8, 4) is 0 Å². The van der Waals surface area contributed by atoms with Gasteiger partial charge in [0, 0.05) is 12.7 Å². The molecule has 0 aliphatic carbocycles. The Labute approximate surface area is 77.0 Å². The van der Waals surface area contributed by atoms with E-state index in [0.29, 0.717) is 12.5 Å². The van der Waals surface area contributed by atoms with Crippen LogP contribution in [0.2, 0.25) is 0 Å². The van der Waals surface area contributed by atoms with Crippen molar-refractivity contribution in [2.24, 2.45) is 4.99 Å². The van der Waals surface area contributed by atoms with Crippen LogP contribution in [0.1, 0.15) is 5.56 Å². The summed E-state index contributed by atoms with van der Waals surface area (Å²) in [6.07, 6.45) is -0.143. The highest BCUT2D eigenvalue weighted by Gasteiger charge is 2.18. The summed E-state index contributed by atoms with van der Waals surface area (Å²) in [5.41, 5.74) is 1.00. The molecule has 2 rings (SSSR count). The number of hydrogen-bond donors (Lipinski definition) is 0. The van der Waals surface area contributed by atoms with Crippen LogP contribution in [0.5, 0.6) is 0 Å². The number of benzene rings is 1. The SMILES string of the molecule is CO[C@@H]1COC(c2ccccc2)=N1. The highest BCUT2D eigenvalue weighted by Crippen LogP contribution is 2.11. The minimum absolute atomic E-state index is 0.143. The predicted molar refractivity (Wildman–Crippen MR) is 49.7 cm³/mol. The molecule has 0 fully saturated rings. The lowest BCUT2D eigenvalue weighted by Gasteiger charge is -1.99. The molecule has 3 heteroatoms. The van der Waals surface area contributed by atoms with Crippen LogP contribution in [0.25, 0.3) is 0 Å². The van der Waals surface area contributed by atoms with Crippen LogP contribution in [0.15, 0.2) is 35.3 Å². The molecule has 13 heavy (non-hydrogen) atoms. The van der Waals surface area contributed by atoms with E-state index < -0.39 is 0 Å². The maximum Gasteiger partial charge on any atom is 0.218 e. The highest BCUT2D eigenvalue weighted by molar-refractivity contribution is 5.94. The Kier molecular flexibility index (Phi) is 2.27. The van der Waals surface area contributed by atoms with Crippen molar-refractivity contribution in [3.63, 3.8) is 0 Å². The first-order chi connectivity index (χ1) is 6.40. The number of ether oxygens (including phenoxy) is 2. The van der Waals surface area contributed by atoms with Gasteiger partial charge in [-0.1, -0.05) is 18.2 Å². The van der Waals surface area contributed by atoms with E-state index in [4.69, 9.17) is 9.47 Å². The van der Waals surface area contributed by atoms with Crippen molar-refractivity contribution in [2.45, 2.75) is 6.23 Å². The van der Waals surface area contributed by atoms with E-state index in [-0.39, 0.29) is 6.23 Å². The van der Waals surface area contributed by atoms with Crippen LogP contribution in [0, 0.1) is 0 Å². The summed E-state index contributed by atoms with van der Waals surface area (Å²) in [4.78, 5) is 4.25. The molecule has 1 atom stereocenters. The van der Waals surface area contributed by atoms with E-state index in [1.165, 1.54) is 0 Å². The Bertz CT molecular complexity index is 308. The van der Waals surface area contributed by atoms with Gasteiger partial charge in [0.1, 0.15) is 6.61 Å². The lowest BCUT2D eigenvalue weighted by atomic mass is 10.2. The third-order valence-electron chi connectivity index (χ3n) is 1.92. The first-order valence-electron chi connectivity index (χ1n) is 4.19. The summed E-state index contributed by atoms with van der Waals surface area (Å²) in [5.74, 6) is 0.674. The first-order valence-corrected chi connectivity index (χ1v) is 4.19. The first kappa shape index (κ1) is 8.26. The van der Waals surface area contributed by atoms with Gasteiger partial charge in [-0.3, -0.25) is 0 Å². The molecule has 0 amide bonds. The molecule has 3 nitrogen and oxygen atoms in total. The molecule has 0 aromatic heterocycles. The van der Waals surface area contributed by atoms with Gasteiger partial charge in [-0.2, -0.15) is 0 Å². The number of rotatable bonds is 2. The molecular formula is C10H11NO2. The zero-order chi connectivity index (χ0) is 9.10. The molecule has 1 aromatic rings. The van der Waals surface area contributed by atoms with Gasteiger partial charge in [-0.15, -0.1) is 0 Å². The van der Waals surface area contributed by atoms with Crippen LogP contribution in [-0.2, 0) is 9.47 Å². The molecule has 0 spiro atoms. The molecule has 0 saturated carbocycles. The summed E-state index contributed by atoms with van der Waals surface area (Å²) in [5, 5.41) is 0. The Morgan fingerprint density at radius 1 is 1.38 bits per heavy atom. The van der Waals surface area contributed by atoms with Gasteiger partial charge in [-0.05, 0) is 12.1 Å². The Morgan fingerprint density at radius 2 is 2.15 bits per heavy atom. The normalized spacial score (nSPS) is 21.0. The summed E-state index contributed by atoms with van der Waals surface area (Å²) in [6.45, 7) is 0.515. The Balaban J connectivity index is 2.19. The van der Waals surface area contributed by atoms with Gasteiger partial charge < -0.3 is 9.47 Å². The highest BCUT2D eigenvalue weighted by atomic mass is 16.6. The van der Waals surface area contributed by atoms with E-state index >= 15 is 0 Å². The molecule has 1 aliphatic rings. The third kappa shape index (κ3) is 1.70. The van der Waals surface area contributed by atoms with Gasteiger partial charge in [0.25, 0.3) is 0 Å². The zero-order valence-electron chi connectivity index (χ0n) is 7.43. The standard InChI is InChI=1S/C10H11NO2/c1-12-9-7-13-10(11-9)8-5-3-2-4-6-8/h2-6,9H,7H2,1H3/t9-/m1/s1. The fourth-order valence-electron chi connectivity index (χ4n) is 1.21. The maximum atomic E-state index is 5.37. The van der Waals surface area contributed by atoms with Gasteiger partial charge in [0.05, 0.1) is 0 Å². The monoisotopic (exact) mass is 177 g/mol. The van der Waals surface area contributed by atoms with Crippen molar-refractivity contribution >= 4 is 5.90 Å². The van der Waals surface area contributed by atoms with Crippen molar-refractivity contribution in [1.82, 2.24) is 0 Å². The van der Waals surface area contributed by atoms with Crippen molar-refractivity contribution < 1.29 is 9.47 Å². The van der Waals surface area contributed by atoms with Crippen molar-refractivity contribution in [2.75, 3.05) is 13.7 Å². The topological polar surface area (TPSA) is 30.8 Å². The quantitative estimate of drug-likeness (QED) is 0.684. The minimum atomic E-state index is -0.143. The van der Waals surface area contributed by atoms with Gasteiger partial charge in [-0.25, -0.2) is 4.99 Å². The van der Waals surface area contributed by atoms with Gasteiger partial charge >= 0.3 is 0 Å². The van der Waals surface area contributed by atoms with Gasteiger partial charge in [0.15, 0.2) is 6.23 Å². The van der Waals surface area contributed by atoms with E-state index in [0.717, 1.165) is 5.56 Å². The van der Waals surface area contributed by atoms with Crippen molar-refractivity contribution in [1.29, 1.82) is 0 Å². The number of methoxy groups -OCH3 is 1. The summed E-state index contributed by atoms with van der Waals surface area (Å²) < 4.78 is 10.4. The van der Waals surface area contributed by atoms with Crippen LogP contribution in [-0.4, -0.2) is 25.8 Å². The summed E-state index contributed by atoms with van der Waals surface area (Å²) in [6, 6.07) is 9.82. The lowest BCUT2D eigenvalue weighted by molar-refractivity contribution is 0.0833. The number of hydrogen-bond acceptors (Lipinski definition) is 3. The molecule has 1 heterocycles. The average molecular weight is 177 g/mol. The molecule has 0 N–H and O–H groups in total. The van der Waals surface area contributed by atoms with E-state index in [1.54, 1.807) is 7.11 Å².